The fourth-order valence-corrected chi connectivity index (χ4v) is 3.63. The molecule has 0 radical (unpaired) electrons. The van der Waals surface area contributed by atoms with Gasteiger partial charge in [0.25, 0.3) is 11.4 Å². The molecule has 10 nitrogen and oxygen atoms in total. The van der Waals surface area contributed by atoms with E-state index in [1.165, 1.54) is 4.57 Å². The van der Waals surface area contributed by atoms with E-state index in [1.54, 1.807) is 6.07 Å². The van der Waals surface area contributed by atoms with Crippen LogP contribution >= 0.6 is 12.4 Å². The van der Waals surface area contributed by atoms with E-state index >= 15 is 0 Å². The van der Waals surface area contributed by atoms with Gasteiger partial charge in [-0.3, -0.25) is 19.2 Å². The number of nitrogens with zero attached hydrogens (tertiary/aromatic N) is 5. The zero-order valence-electron chi connectivity index (χ0n) is 17.4. The first-order chi connectivity index (χ1) is 13.9. The van der Waals surface area contributed by atoms with Crippen molar-refractivity contribution in [2.75, 3.05) is 26.7 Å². The van der Waals surface area contributed by atoms with Gasteiger partial charge in [-0.1, -0.05) is 19.0 Å². The van der Waals surface area contributed by atoms with E-state index in [0.29, 0.717) is 23.6 Å². The Kier molecular flexibility index (Phi) is 6.39. The Bertz CT molecular complexity index is 1170. The van der Waals surface area contributed by atoms with Crippen molar-refractivity contribution in [2.45, 2.75) is 39.3 Å². The number of piperazine rings is 1. The lowest BCUT2D eigenvalue weighted by Crippen LogP contribution is -2.44. The molecule has 1 unspecified atom stereocenters. The Labute approximate surface area is 179 Å². The van der Waals surface area contributed by atoms with Crippen molar-refractivity contribution < 1.29 is 4.52 Å². The molecule has 1 saturated heterocycles. The van der Waals surface area contributed by atoms with E-state index in [0.717, 1.165) is 25.3 Å². The van der Waals surface area contributed by atoms with Gasteiger partial charge in [0.2, 0.25) is 0 Å². The Hall–Kier alpha value is -2.56. The van der Waals surface area contributed by atoms with Crippen LogP contribution in [0.25, 0.3) is 22.5 Å². The number of aromatic amines is 1. The molecule has 0 amide bonds. The van der Waals surface area contributed by atoms with Gasteiger partial charge >= 0.3 is 5.69 Å². The molecule has 0 bridgehead atoms. The number of H-pyrrole nitrogens is 1. The average molecular weight is 436 g/mol. The fourth-order valence-electron chi connectivity index (χ4n) is 3.63. The normalized spacial score (nSPS) is 17.4. The largest absolute Gasteiger partial charge is 0.334 e. The molecular weight excluding hydrogens is 410 g/mol. The van der Waals surface area contributed by atoms with E-state index in [2.05, 4.69) is 30.3 Å². The topological polar surface area (TPSA) is 122 Å². The highest BCUT2D eigenvalue weighted by Crippen LogP contribution is 2.29. The second-order valence-corrected chi connectivity index (χ2v) is 7.61. The number of hydrogen-bond donors (Lipinski definition) is 2. The molecule has 162 valence electrons. The monoisotopic (exact) mass is 435 g/mol. The van der Waals surface area contributed by atoms with Crippen LogP contribution in [0.15, 0.2) is 20.2 Å². The van der Waals surface area contributed by atoms with Crippen LogP contribution in [-0.4, -0.2) is 56.3 Å². The summed E-state index contributed by atoms with van der Waals surface area (Å²) in [4.78, 5) is 38.7. The van der Waals surface area contributed by atoms with E-state index in [1.807, 2.05) is 27.8 Å². The number of aromatic nitrogens is 5. The third-order valence-corrected chi connectivity index (χ3v) is 5.36. The molecule has 1 aliphatic heterocycles. The predicted molar refractivity (Wildman–Crippen MR) is 115 cm³/mol. The van der Waals surface area contributed by atoms with Crippen molar-refractivity contribution in [3.63, 3.8) is 0 Å². The molecule has 30 heavy (non-hydrogen) atoms. The number of rotatable bonds is 4. The van der Waals surface area contributed by atoms with E-state index in [-0.39, 0.29) is 35.6 Å². The first kappa shape index (κ1) is 22.1. The first-order valence-electron chi connectivity index (χ1n) is 9.83. The summed E-state index contributed by atoms with van der Waals surface area (Å²) in [6, 6.07) is 1.79. The van der Waals surface area contributed by atoms with Crippen LogP contribution in [-0.2, 0) is 6.54 Å². The van der Waals surface area contributed by atoms with Crippen molar-refractivity contribution >= 4 is 23.4 Å². The molecule has 11 heteroatoms. The Morgan fingerprint density at radius 3 is 2.73 bits per heavy atom. The third kappa shape index (κ3) is 3.78. The lowest BCUT2D eigenvalue weighted by atomic mass is 10.0. The van der Waals surface area contributed by atoms with E-state index in [9.17, 15) is 9.59 Å². The summed E-state index contributed by atoms with van der Waals surface area (Å²) < 4.78 is 7.02. The van der Waals surface area contributed by atoms with Crippen molar-refractivity contribution in [2.24, 2.45) is 0 Å². The highest BCUT2D eigenvalue weighted by molar-refractivity contribution is 5.90. The van der Waals surface area contributed by atoms with Crippen LogP contribution in [0.1, 0.15) is 44.2 Å². The molecule has 4 heterocycles. The fraction of sp³-hybridized carbons (Fsp3) is 0.526. The lowest BCUT2D eigenvalue weighted by molar-refractivity contribution is 0.190. The summed E-state index contributed by atoms with van der Waals surface area (Å²) in [6.45, 7) is 8.73. The Morgan fingerprint density at radius 1 is 1.30 bits per heavy atom. The van der Waals surface area contributed by atoms with Gasteiger partial charge in [-0.15, -0.1) is 12.4 Å². The minimum atomic E-state index is -0.510. The van der Waals surface area contributed by atoms with Crippen LogP contribution in [0.3, 0.4) is 0 Å². The molecule has 1 atom stereocenters. The maximum Gasteiger partial charge on any atom is 0.329 e. The first-order valence-corrected chi connectivity index (χ1v) is 9.83. The van der Waals surface area contributed by atoms with E-state index in [4.69, 9.17) is 4.52 Å². The summed E-state index contributed by atoms with van der Waals surface area (Å²) in [6.07, 6.45) is 0. The van der Waals surface area contributed by atoms with Gasteiger partial charge in [0.1, 0.15) is 0 Å². The minimum absolute atomic E-state index is 0. The second kappa shape index (κ2) is 8.66. The van der Waals surface area contributed by atoms with Crippen LogP contribution in [0.4, 0.5) is 0 Å². The summed E-state index contributed by atoms with van der Waals surface area (Å²) in [7, 11) is 2.02. The van der Waals surface area contributed by atoms with Gasteiger partial charge in [0.05, 0.1) is 17.0 Å². The molecule has 0 saturated carbocycles. The van der Waals surface area contributed by atoms with Crippen LogP contribution in [0.2, 0.25) is 0 Å². The highest BCUT2D eigenvalue weighted by atomic mass is 35.5. The molecule has 1 aliphatic rings. The maximum atomic E-state index is 12.7. The molecule has 1 fully saturated rings. The smallest absolute Gasteiger partial charge is 0.329 e. The Morgan fingerprint density at radius 2 is 2.07 bits per heavy atom. The van der Waals surface area contributed by atoms with Gasteiger partial charge < -0.3 is 9.84 Å². The van der Waals surface area contributed by atoms with Crippen molar-refractivity contribution in [1.29, 1.82) is 0 Å². The molecule has 3 aromatic heterocycles. The predicted octanol–water partition coefficient (Wildman–Crippen LogP) is 1.28. The average Bonchev–Trinajstić information content (AvgIpc) is 3.17. The van der Waals surface area contributed by atoms with Gasteiger partial charge in [-0.25, -0.2) is 9.78 Å². The number of aryl methyl sites for hydroxylation is 1. The highest BCUT2D eigenvalue weighted by Gasteiger charge is 2.27. The number of hydrogen-bond acceptors (Lipinski definition) is 8. The number of likely N-dealkylation sites (N-methyl/N-ethyl adjacent to an activating group) is 1. The summed E-state index contributed by atoms with van der Waals surface area (Å²) in [5.74, 6) is 0.903. The number of pyridine rings is 1. The summed E-state index contributed by atoms with van der Waals surface area (Å²) in [5.41, 5.74) is 0.580. The quantitative estimate of drug-likeness (QED) is 0.628. The molecule has 3 aromatic rings. The molecular formula is C19H26ClN7O3. The van der Waals surface area contributed by atoms with Gasteiger partial charge in [-0.2, -0.15) is 4.98 Å². The van der Waals surface area contributed by atoms with Crippen LogP contribution in [0.5, 0.6) is 0 Å². The Balaban J connectivity index is 0.00000256. The summed E-state index contributed by atoms with van der Waals surface area (Å²) in [5, 5.41) is 7.78. The summed E-state index contributed by atoms with van der Waals surface area (Å²) >= 11 is 0. The van der Waals surface area contributed by atoms with Crippen LogP contribution < -0.4 is 16.6 Å². The third-order valence-electron chi connectivity index (χ3n) is 5.36. The van der Waals surface area contributed by atoms with Gasteiger partial charge in [0.15, 0.2) is 11.5 Å². The SMILES string of the molecule is CCn1c(=O)[nH]c(=O)c2c(-c3nc(C4CNCCN4C)no3)cc(C(C)C)nc21.Cl. The van der Waals surface area contributed by atoms with Crippen molar-refractivity contribution in [3.8, 4) is 11.5 Å². The van der Waals surface area contributed by atoms with Crippen molar-refractivity contribution in [3.05, 3.63) is 38.4 Å². The van der Waals surface area contributed by atoms with Crippen LogP contribution in [0, 0.1) is 0 Å². The molecule has 0 aromatic carbocycles. The van der Waals surface area contributed by atoms with E-state index < -0.39 is 11.2 Å². The molecule has 0 spiro atoms. The minimum Gasteiger partial charge on any atom is -0.334 e. The molecule has 2 N–H and O–H groups in total. The van der Waals surface area contributed by atoms with Gasteiger partial charge in [0, 0.05) is 31.9 Å². The maximum absolute atomic E-state index is 12.7. The molecule has 0 aliphatic carbocycles. The number of nitrogens with one attached hydrogen (secondary N) is 2. The standard InChI is InChI=1S/C19H25N7O3.ClH/c1-5-26-16-14(17(27)23-19(26)28)11(8-12(21-16)10(2)3)18-22-15(24-29-18)13-9-20-6-7-25(13)4;/h8,10,13,20H,5-7,9H2,1-4H3,(H,23,27,28);1H. The van der Waals surface area contributed by atoms with Crippen molar-refractivity contribution in [1.82, 2.24) is 34.9 Å². The molecule has 4 rings (SSSR count). The number of halogens is 1. The number of fused-ring (bicyclic) bond motifs is 1. The zero-order valence-corrected chi connectivity index (χ0v) is 18.2. The second-order valence-electron chi connectivity index (χ2n) is 7.61. The zero-order chi connectivity index (χ0) is 20.7. The van der Waals surface area contributed by atoms with Gasteiger partial charge in [-0.05, 0) is 26.0 Å². The lowest BCUT2D eigenvalue weighted by Gasteiger charge is -2.30.